The summed E-state index contributed by atoms with van der Waals surface area (Å²) < 4.78 is 19.3. The molecule has 0 aromatic heterocycles. The molecule has 0 bridgehead atoms. The van der Waals surface area contributed by atoms with Crippen molar-refractivity contribution in [1.82, 2.24) is 0 Å². The quantitative estimate of drug-likeness (QED) is 0.432. The van der Waals surface area contributed by atoms with E-state index in [1.807, 2.05) is 0 Å². The Bertz CT molecular complexity index is 89.0. The topological polar surface area (TPSA) is 36.9 Å². The maximum absolute atomic E-state index is 5.20. The second-order valence-electron chi connectivity index (χ2n) is 3.34. The van der Waals surface area contributed by atoms with Crippen LogP contribution in [0.2, 0.25) is 0 Å². The van der Waals surface area contributed by atoms with Crippen LogP contribution in [0.4, 0.5) is 0 Å². The Morgan fingerprint density at radius 2 is 1.12 bits per heavy atom. The third-order valence-corrected chi connectivity index (χ3v) is 1.69. The highest BCUT2D eigenvalue weighted by molar-refractivity contribution is 4.30. The summed E-state index contributed by atoms with van der Waals surface area (Å²) in [5.41, 5.74) is 0. The number of methoxy groups -OCH3 is 2. The summed E-state index contributed by atoms with van der Waals surface area (Å²) >= 11 is 0. The Balaban J connectivity index is 0. The number of rotatable bonds is 10. The van der Waals surface area contributed by atoms with E-state index in [1.54, 1.807) is 14.2 Å². The van der Waals surface area contributed by atoms with Crippen LogP contribution in [0.5, 0.6) is 0 Å². The third kappa shape index (κ3) is 23.6. The van der Waals surface area contributed by atoms with E-state index < -0.39 is 0 Å². The van der Waals surface area contributed by atoms with Gasteiger partial charge in [-0.3, -0.25) is 0 Å². The van der Waals surface area contributed by atoms with Crippen molar-refractivity contribution in [2.45, 2.75) is 39.5 Å². The van der Waals surface area contributed by atoms with Crippen molar-refractivity contribution in [1.29, 1.82) is 0 Å². The average molecular weight is 236 g/mol. The molecule has 0 aliphatic rings. The standard InChI is InChI=1S/C9H20O2.C3H8O2/c1-3-5-7-10-9-11-8-6-4-2;1-4-3-5-2/h3-9H2,1-2H3;3H2,1-2H3. The van der Waals surface area contributed by atoms with Gasteiger partial charge in [0.15, 0.2) is 0 Å². The summed E-state index contributed by atoms with van der Waals surface area (Å²) in [5, 5.41) is 0. The number of hydrogen-bond donors (Lipinski definition) is 0. The Hall–Kier alpha value is -0.160. The van der Waals surface area contributed by atoms with Gasteiger partial charge < -0.3 is 18.9 Å². The van der Waals surface area contributed by atoms with Crippen LogP contribution in [0.1, 0.15) is 39.5 Å². The van der Waals surface area contributed by atoms with E-state index in [9.17, 15) is 0 Å². The molecule has 0 amide bonds. The summed E-state index contributed by atoms with van der Waals surface area (Å²) in [5.74, 6) is 0. The van der Waals surface area contributed by atoms with Gasteiger partial charge in [-0.05, 0) is 12.8 Å². The molecule has 0 fully saturated rings. The minimum atomic E-state index is 0.389. The zero-order valence-corrected chi connectivity index (χ0v) is 11.3. The molecule has 0 saturated heterocycles. The van der Waals surface area contributed by atoms with E-state index in [4.69, 9.17) is 9.47 Å². The van der Waals surface area contributed by atoms with Crippen molar-refractivity contribution in [2.24, 2.45) is 0 Å². The molecule has 0 saturated carbocycles. The molecule has 0 N–H and O–H groups in total. The van der Waals surface area contributed by atoms with Crippen LogP contribution >= 0.6 is 0 Å². The Labute approximate surface area is 100 Å². The Morgan fingerprint density at radius 3 is 1.38 bits per heavy atom. The van der Waals surface area contributed by atoms with Gasteiger partial charge in [-0.1, -0.05) is 26.7 Å². The zero-order valence-electron chi connectivity index (χ0n) is 11.3. The fourth-order valence-electron chi connectivity index (χ4n) is 0.787. The molecule has 0 heterocycles. The molecule has 4 heteroatoms. The van der Waals surface area contributed by atoms with Crippen LogP contribution in [0.15, 0.2) is 0 Å². The van der Waals surface area contributed by atoms with E-state index >= 15 is 0 Å². The number of ether oxygens (including phenoxy) is 4. The summed E-state index contributed by atoms with van der Waals surface area (Å²) in [6, 6.07) is 0. The van der Waals surface area contributed by atoms with Gasteiger partial charge in [0.2, 0.25) is 0 Å². The summed E-state index contributed by atoms with van der Waals surface area (Å²) in [6.07, 6.45) is 4.65. The normalized spacial score (nSPS) is 9.75. The molecule has 100 valence electrons. The first-order valence-electron chi connectivity index (χ1n) is 5.96. The van der Waals surface area contributed by atoms with Gasteiger partial charge in [0.05, 0.1) is 0 Å². The maximum atomic E-state index is 5.20. The largest absolute Gasteiger partial charge is 0.359 e. The van der Waals surface area contributed by atoms with Crippen LogP contribution in [-0.2, 0) is 18.9 Å². The minimum Gasteiger partial charge on any atom is -0.359 e. The lowest BCUT2D eigenvalue weighted by atomic mass is 10.4. The summed E-state index contributed by atoms with van der Waals surface area (Å²) in [4.78, 5) is 0. The first kappa shape index (κ1) is 18.2. The van der Waals surface area contributed by atoms with Crippen molar-refractivity contribution in [3.8, 4) is 0 Å². The van der Waals surface area contributed by atoms with Crippen LogP contribution in [0, 0.1) is 0 Å². The van der Waals surface area contributed by atoms with Crippen LogP contribution in [-0.4, -0.2) is 41.0 Å². The predicted octanol–water partition coefficient (Wildman–Crippen LogP) is 2.81. The van der Waals surface area contributed by atoms with Crippen LogP contribution < -0.4 is 0 Å². The predicted molar refractivity (Wildman–Crippen MR) is 65.5 cm³/mol. The van der Waals surface area contributed by atoms with Crippen LogP contribution in [0.25, 0.3) is 0 Å². The fraction of sp³-hybridized carbons (Fsp3) is 1.00. The van der Waals surface area contributed by atoms with E-state index in [2.05, 4.69) is 23.3 Å². The van der Waals surface area contributed by atoms with Gasteiger partial charge >= 0.3 is 0 Å². The van der Waals surface area contributed by atoms with Gasteiger partial charge in [-0.25, -0.2) is 0 Å². The third-order valence-electron chi connectivity index (χ3n) is 1.69. The fourth-order valence-corrected chi connectivity index (χ4v) is 0.787. The van der Waals surface area contributed by atoms with Gasteiger partial charge in [-0.2, -0.15) is 0 Å². The lowest BCUT2D eigenvalue weighted by Gasteiger charge is -2.03. The molecule has 0 aromatic carbocycles. The summed E-state index contributed by atoms with van der Waals surface area (Å²) in [7, 11) is 3.17. The van der Waals surface area contributed by atoms with E-state index in [0.29, 0.717) is 13.6 Å². The second-order valence-corrected chi connectivity index (χ2v) is 3.34. The lowest BCUT2D eigenvalue weighted by Crippen LogP contribution is -2.02. The van der Waals surface area contributed by atoms with Gasteiger partial charge in [0, 0.05) is 27.4 Å². The molecule has 0 radical (unpaired) electrons. The first-order chi connectivity index (χ1) is 7.83. The van der Waals surface area contributed by atoms with E-state index in [1.165, 1.54) is 12.8 Å². The molecule has 0 atom stereocenters. The Kier molecular flexibility index (Phi) is 23.1. The molecule has 0 aromatic rings. The SMILES string of the molecule is CCCCOCOCCCC.COCOC. The number of unbranched alkanes of at least 4 members (excludes halogenated alkanes) is 2. The van der Waals surface area contributed by atoms with Crippen molar-refractivity contribution in [3.63, 3.8) is 0 Å². The van der Waals surface area contributed by atoms with Gasteiger partial charge in [0.1, 0.15) is 13.6 Å². The highest BCUT2D eigenvalue weighted by Gasteiger charge is 1.87. The van der Waals surface area contributed by atoms with E-state index in [0.717, 1.165) is 26.1 Å². The second kappa shape index (κ2) is 20.3. The van der Waals surface area contributed by atoms with Crippen molar-refractivity contribution >= 4 is 0 Å². The van der Waals surface area contributed by atoms with E-state index in [-0.39, 0.29) is 0 Å². The molecule has 0 unspecified atom stereocenters. The maximum Gasteiger partial charge on any atom is 0.146 e. The van der Waals surface area contributed by atoms with Crippen molar-refractivity contribution < 1.29 is 18.9 Å². The Morgan fingerprint density at radius 1 is 0.688 bits per heavy atom. The highest BCUT2D eigenvalue weighted by Crippen LogP contribution is 1.90. The molecular formula is C12H28O4. The van der Waals surface area contributed by atoms with Gasteiger partial charge in [0.25, 0.3) is 0 Å². The zero-order chi connectivity index (χ0) is 12.5. The van der Waals surface area contributed by atoms with Gasteiger partial charge in [-0.15, -0.1) is 0 Å². The first-order valence-corrected chi connectivity index (χ1v) is 5.96. The average Bonchev–Trinajstić information content (AvgIpc) is 2.30. The van der Waals surface area contributed by atoms with Crippen molar-refractivity contribution in [3.05, 3.63) is 0 Å². The molecule has 0 aliphatic carbocycles. The molecule has 0 aliphatic heterocycles. The molecule has 16 heavy (non-hydrogen) atoms. The molecule has 4 nitrogen and oxygen atoms in total. The highest BCUT2D eigenvalue weighted by atomic mass is 16.7. The smallest absolute Gasteiger partial charge is 0.146 e. The monoisotopic (exact) mass is 236 g/mol. The van der Waals surface area contributed by atoms with Crippen molar-refractivity contribution in [2.75, 3.05) is 41.0 Å². The lowest BCUT2D eigenvalue weighted by molar-refractivity contribution is -0.0550. The molecule has 0 rings (SSSR count). The van der Waals surface area contributed by atoms with Crippen LogP contribution in [0.3, 0.4) is 0 Å². The minimum absolute atomic E-state index is 0.389. The summed E-state index contributed by atoms with van der Waals surface area (Å²) in [6.45, 7) is 6.84. The number of hydrogen-bond acceptors (Lipinski definition) is 4. The molecular weight excluding hydrogens is 208 g/mol. The molecule has 0 spiro atoms.